The molecule has 4 nitrogen and oxygen atoms in total. The highest BCUT2D eigenvalue weighted by Gasteiger charge is 2.33. The number of nitrogens with two attached hydrogens (primary N) is 1. The zero-order valence-corrected chi connectivity index (χ0v) is 11.9. The number of aliphatic hydroxyl groups is 1. The molecule has 0 unspecified atom stereocenters. The van der Waals surface area contributed by atoms with Gasteiger partial charge in [0.05, 0.1) is 18.7 Å². The standard InChI is InChI=1S/C14H19F3N2O2/c1-9(2)6-19(7-13(18)21)11-4-3-10(8-20)12(5-11)14(15,16)17/h3-5,9,20H,6-8H2,1-2H3,(H2,18,21). The van der Waals surface area contributed by atoms with Gasteiger partial charge >= 0.3 is 6.18 Å². The molecule has 1 aromatic carbocycles. The average Bonchev–Trinajstić information content (AvgIpc) is 2.35. The number of carbonyl (C=O) groups excluding carboxylic acids is 1. The van der Waals surface area contributed by atoms with Crippen LogP contribution in [0.3, 0.4) is 0 Å². The molecule has 0 fully saturated rings. The van der Waals surface area contributed by atoms with Crippen LogP contribution in [0.5, 0.6) is 0 Å². The number of benzene rings is 1. The number of hydrogen-bond donors (Lipinski definition) is 2. The Hall–Kier alpha value is -1.76. The van der Waals surface area contributed by atoms with Crippen LogP contribution >= 0.6 is 0 Å². The predicted octanol–water partition coefficient (Wildman–Crippen LogP) is 2.15. The van der Waals surface area contributed by atoms with Crippen molar-refractivity contribution in [3.05, 3.63) is 29.3 Å². The van der Waals surface area contributed by atoms with E-state index in [0.717, 1.165) is 6.07 Å². The SMILES string of the molecule is CC(C)CN(CC(N)=O)c1ccc(CO)c(C(F)(F)F)c1. The summed E-state index contributed by atoms with van der Waals surface area (Å²) >= 11 is 0. The largest absolute Gasteiger partial charge is 0.416 e. The van der Waals surface area contributed by atoms with Crippen molar-refractivity contribution in [2.24, 2.45) is 11.7 Å². The van der Waals surface area contributed by atoms with Crippen LogP contribution in [0.25, 0.3) is 0 Å². The second-order valence-corrected chi connectivity index (χ2v) is 5.24. The summed E-state index contributed by atoms with van der Waals surface area (Å²) in [5.41, 5.74) is 4.30. The van der Waals surface area contributed by atoms with E-state index in [-0.39, 0.29) is 23.7 Å². The van der Waals surface area contributed by atoms with Gasteiger partial charge in [-0.25, -0.2) is 0 Å². The molecular weight excluding hydrogens is 285 g/mol. The third kappa shape index (κ3) is 4.93. The van der Waals surface area contributed by atoms with Crippen molar-refractivity contribution in [1.29, 1.82) is 0 Å². The van der Waals surface area contributed by atoms with Gasteiger partial charge in [0.25, 0.3) is 0 Å². The molecule has 0 aliphatic heterocycles. The average molecular weight is 304 g/mol. The summed E-state index contributed by atoms with van der Waals surface area (Å²) in [5, 5.41) is 9.01. The Kier molecular flexibility index (Phi) is 5.60. The van der Waals surface area contributed by atoms with Gasteiger partial charge in [-0.3, -0.25) is 4.79 Å². The molecule has 0 atom stereocenters. The first kappa shape index (κ1) is 17.3. The van der Waals surface area contributed by atoms with Crippen LogP contribution in [0.15, 0.2) is 18.2 Å². The molecule has 0 aliphatic rings. The van der Waals surface area contributed by atoms with Crippen molar-refractivity contribution in [3.63, 3.8) is 0 Å². The first-order chi connectivity index (χ1) is 9.65. The maximum atomic E-state index is 13.0. The van der Waals surface area contributed by atoms with Crippen molar-refractivity contribution in [3.8, 4) is 0 Å². The summed E-state index contributed by atoms with van der Waals surface area (Å²) in [6.07, 6.45) is -4.57. The van der Waals surface area contributed by atoms with Crippen LogP contribution in [0.1, 0.15) is 25.0 Å². The monoisotopic (exact) mass is 304 g/mol. The number of primary amides is 1. The third-order valence-corrected chi connectivity index (χ3v) is 2.87. The maximum Gasteiger partial charge on any atom is 0.416 e. The Morgan fingerprint density at radius 1 is 1.38 bits per heavy atom. The van der Waals surface area contributed by atoms with E-state index >= 15 is 0 Å². The quantitative estimate of drug-likeness (QED) is 0.846. The number of carbonyl (C=O) groups is 1. The van der Waals surface area contributed by atoms with Crippen LogP contribution in [0.2, 0.25) is 0 Å². The lowest BCUT2D eigenvalue weighted by Gasteiger charge is -2.26. The summed E-state index contributed by atoms with van der Waals surface area (Å²) in [4.78, 5) is 12.6. The molecule has 1 aromatic rings. The van der Waals surface area contributed by atoms with Gasteiger partial charge < -0.3 is 15.7 Å². The lowest BCUT2D eigenvalue weighted by atomic mass is 10.1. The maximum absolute atomic E-state index is 13.0. The summed E-state index contributed by atoms with van der Waals surface area (Å²) in [6, 6.07) is 3.61. The van der Waals surface area contributed by atoms with Crippen LogP contribution in [-0.4, -0.2) is 24.1 Å². The molecule has 7 heteroatoms. The van der Waals surface area contributed by atoms with Gasteiger partial charge in [-0.15, -0.1) is 0 Å². The number of aliphatic hydroxyl groups excluding tert-OH is 1. The van der Waals surface area contributed by atoms with Gasteiger partial charge in [-0.05, 0) is 23.6 Å². The number of amides is 1. The molecule has 0 bridgehead atoms. The number of alkyl halides is 3. The number of halogens is 3. The van der Waals surface area contributed by atoms with Crippen molar-refractivity contribution < 1.29 is 23.1 Å². The Labute approximate surface area is 121 Å². The van der Waals surface area contributed by atoms with Gasteiger partial charge in [0, 0.05) is 12.2 Å². The van der Waals surface area contributed by atoms with Crippen molar-refractivity contribution >= 4 is 11.6 Å². The molecule has 21 heavy (non-hydrogen) atoms. The van der Waals surface area contributed by atoms with Gasteiger partial charge in [0.2, 0.25) is 5.91 Å². The zero-order chi connectivity index (χ0) is 16.2. The van der Waals surface area contributed by atoms with Gasteiger partial charge in [0.1, 0.15) is 0 Å². The fourth-order valence-electron chi connectivity index (χ4n) is 2.05. The second-order valence-electron chi connectivity index (χ2n) is 5.24. The Balaban J connectivity index is 3.22. The molecule has 0 radical (unpaired) electrons. The highest BCUT2D eigenvalue weighted by molar-refractivity contribution is 5.79. The molecule has 1 rings (SSSR count). The van der Waals surface area contributed by atoms with Crippen LogP contribution < -0.4 is 10.6 Å². The van der Waals surface area contributed by atoms with E-state index in [4.69, 9.17) is 10.8 Å². The van der Waals surface area contributed by atoms with E-state index in [2.05, 4.69) is 0 Å². The second kappa shape index (κ2) is 6.80. The summed E-state index contributed by atoms with van der Waals surface area (Å²) in [6.45, 7) is 3.32. The Morgan fingerprint density at radius 3 is 2.43 bits per heavy atom. The Morgan fingerprint density at radius 2 is 2.00 bits per heavy atom. The van der Waals surface area contributed by atoms with Gasteiger partial charge in [0.15, 0.2) is 0 Å². The van der Waals surface area contributed by atoms with Crippen LogP contribution in [0.4, 0.5) is 18.9 Å². The molecule has 3 N–H and O–H groups in total. The molecule has 0 heterocycles. The van der Waals surface area contributed by atoms with Gasteiger partial charge in [-0.2, -0.15) is 13.2 Å². The van der Waals surface area contributed by atoms with E-state index in [1.165, 1.54) is 17.0 Å². The predicted molar refractivity (Wildman–Crippen MR) is 73.6 cm³/mol. The molecule has 0 aromatic heterocycles. The number of anilines is 1. The highest BCUT2D eigenvalue weighted by atomic mass is 19.4. The lowest BCUT2D eigenvalue weighted by molar-refractivity contribution is -0.138. The number of nitrogens with zero attached hydrogens (tertiary/aromatic N) is 1. The normalized spacial score (nSPS) is 11.8. The van der Waals surface area contributed by atoms with Crippen LogP contribution in [0, 0.1) is 5.92 Å². The topological polar surface area (TPSA) is 66.6 Å². The first-order valence-corrected chi connectivity index (χ1v) is 6.49. The molecule has 0 saturated heterocycles. The third-order valence-electron chi connectivity index (χ3n) is 2.87. The zero-order valence-electron chi connectivity index (χ0n) is 11.9. The summed E-state index contributed by atoms with van der Waals surface area (Å²) < 4.78 is 38.9. The first-order valence-electron chi connectivity index (χ1n) is 6.49. The number of hydrogen-bond acceptors (Lipinski definition) is 3. The molecule has 118 valence electrons. The van der Waals surface area contributed by atoms with Crippen LogP contribution in [-0.2, 0) is 17.6 Å². The fraction of sp³-hybridized carbons (Fsp3) is 0.500. The minimum Gasteiger partial charge on any atom is -0.392 e. The smallest absolute Gasteiger partial charge is 0.392 e. The minimum atomic E-state index is -4.57. The van der Waals surface area contributed by atoms with E-state index in [1.807, 2.05) is 13.8 Å². The fourth-order valence-corrected chi connectivity index (χ4v) is 2.05. The molecule has 0 spiro atoms. The highest BCUT2D eigenvalue weighted by Crippen LogP contribution is 2.34. The van der Waals surface area contributed by atoms with E-state index < -0.39 is 24.3 Å². The summed E-state index contributed by atoms with van der Waals surface area (Å²) in [7, 11) is 0. The summed E-state index contributed by atoms with van der Waals surface area (Å²) in [5.74, 6) is -0.466. The van der Waals surface area contributed by atoms with E-state index in [1.54, 1.807) is 0 Å². The van der Waals surface area contributed by atoms with E-state index in [9.17, 15) is 18.0 Å². The molecule has 1 amide bonds. The molecule has 0 saturated carbocycles. The van der Waals surface area contributed by atoms with Gasteiger partial charge in [-0.1, -0.05) is 19.9 Å². The Bertz CT molecular complexity index is 501. The van der Waals surface area contributed by atoms with Crippen molar-refractivity contribution in [2.75, 3.05) is 18.0 Å². The lowest BCUT2D eigenvalue weighted by Crippen LogP contribution is -2.36. The number of rotatable bonds is 6. The van der Waals surface area contributed by atoms with E-state index in [0.29, 0.717) is 6.54 Å². The minimum absolute atomic E-state index is 0.149. The van der Waals surface area contributed by atoms with Crippen molar-refractivity contribution in [1.82, 2.24) is 0 Å². The molecular formula is C14H19F3N2O2. The molecule has 0 aliphatic carbocycles. The van der Waals surface area contributed by atoms with Crippen molar-refractivity contribution in [2.45, 2.75) is 26.6 Å².